The lowest BCUT2D eigenvalue weighted by Crippen LogP contribution is -2.24. The molecular weight excluding hydrogens is 462 g/mol. The van der Waals surface area contributed by atoms with Crippen molar-refractivity contribution in [1.29, 1.82) is 0 Å². The molecule has 1 heterocycles. The van der Waals surface area contributed by atoms with Crippen molar-refractivity contribution >= 4 is 54.9 Å². The van der Waals surface area contributed by atoms with E-state index in [1.165, 1.54) is 0 Å². The maximum absolute atomic E-state index is 12.0. The van der Waals surface area contributed by atoms with E-state index in [4.69, 9.17) is 4.74 Å². The molecule has 2 aromatic carbocycles. The summed E-state index contributed by atoms with van der Waals surface area (Å²) in [5.41, 5.74) is 6.56. The Kier molecular flexibility index (Phi) is 5.78. The minimum Gasteiger partial charge on any atom is -0.481 e. The number of nitrogens with zero attached hydrogens (tertiary/aromatic N) is 1. The van der Waals surface area contributed by atoms with Gasteiger partial charge in [0.1, 0.15) is 5.75 Å². The number of fused-ring (bicyclic) bond motifs is 1. The first kappa shape index (κ1) is 18.7. The number of hydrazone groups is 1. The van der Waals surface area contributed by atoms with Gasteiger partial charge in [0, 0.05) is 22.2 Å². The van der Waals surface area contributed by atoms with Crippen LogP contribution >= 0.6 is 31.9 Å². The van der Waals surface area contributed by atoms with Gasteiger partial charge < -0.3 is 9.72 Å². The predicted octanol–water partition coefficient (Wildman–Crippen LogP) is 4.84. The zero-order valence-corrected chi connectivity index (χ0v) is 17.4. The molecule has 7 heteroatoms. The van der Waals surface area contributed by atoms with Crippen molar-refractivity contribution in [1.82, 2.24) is 10.4 Å². The predicted molar refractivity (Wildman–Crippen MR) is 111 cm³/mol. The van der Waals surface area contributed by atoms with Crippen LogP contribution in [0.3, 0.4) is 0 Å². The highest BCUT2D eigenvalue weighted by atomic mass is 79.9. The summed E-state index contributed by atoms with van der Waals surface area (Å²) in [5.74, 6) is 0.250. The van der Waals surface area contributed by atoms with E-state index < -0.39 is 0 Å². The summed E-state index contributed by atoms with van der Waals surface area (Å²) < 4.78 is 7.15. The first-order valence-corrected chi connectivity index (χ1v) is 9.52. The molecule has 0 aliphatic carbocycles. The van der Waals surface area contributed by atoms with Crippen molar-refractivity contribution in [2.24, 2.45) is 5.10 Å². The van der Waals surface area contributed by atoms with Crippen molar-refractivity contribution in [2.75, 3.05) is 6.61 Å². The van der Waals surface area contributed by atoms with Crippen molar-refractivity contribution in [2.45, 2.75) is 13.8 Å². The van der Waals surface area contributed by atoms with Crippen LogP contribution in [0.5, 0.6) is 5.75 Å². The number of ether oxygens (including phenoxy) is 1. The number of nitrogens with one attached hydrogen (secondary N) is 2. The zero-order chi connectivity index (χ0) is 18.7. The number of rotatable bonds is 5. The Bertz CT molecular complexity index is 973. The Hall–Kier alpha value is -2.12. The molecule has 1 aromatic heterocycles. The SMILES string of the molecule is Cc1cc(Br)c(OCC(=O)NN=Cc2c(C)[nH]c3ccccc23)c(Br)c1. The first-order valence-electron chi connectivity index (χ1n) is 7.93. The molecule has 26 heavy (non-hydrogen) atoms. The molecule has 0 unspecified atom stereocenters. The van der Waals surface area contributed by atoms with Crippen LogP contribution in [0, 0.1) is 13.8 Å². The van der Waals surface area contributed by atoms with Gasteiger partial charge in [0.25, 0.3) is 5.91 Å². The van der Waals surface area contributed by atoms with E-state index in [2.05, 4.69) is 47.4 Å². The molecule has 2 N–H and O–H groups in total. The number of aromatic amines is 1. The first-order chi connectivity index (χ1) is 12.5. The molecule has 0 atom stereocenters. The van der Waals surface area contributed by atoms with Gasteiger partial charge in [-0.2, -0.15) is 5.10 Å². The molecule has 0 spiro atoms. The van der Waals surface area contributed by atoms with E-state index >= 15 is 0 Å². The number of aromatic nitrogens is 1. The van der Waals surface area contributed by atoms with Crippen molar-refractivity contribution < 1.29 is 9.53 Å². The van der Waals surface area contributed by atoms with E-state index in [0.29, 0.717) is 5.75 Å². The van der Waals surface area contributed by atoms with E-state index in [1.807, 2.05) is 50.2 Å². The molecule has 0 radical (unpaired) electrons. The van der Waals surface area contributed by atoms with Gasteiger partial charge in [0.2, 0.25) is 0 Å². The summed E-state index contributed by atoms with van der Waals surface area (Å²) in [5, 5.41) is 5.11. The molecule has 3 rings (SSSR count). The van der Waals surface area contributed by atoms with Crippen molar-refractivity contribution in [3.63, 3.8) is 0 Å². The smallest absolute Gasteiger partial charge is 0.277 e. The number of para-hydroxylation sites is 1. The van der Waals surface area contributed by atoms with Crippen molar-refractivity contribution in [3.05, 3.63) is 62.2 Å². The fourth-order valence-corrected chi connectivity index (χ4v) is 4.27. The maximum Gasteiger partial charge on any atom is 0.277 e. The highest BCUT2D eigenvalue weighted by molar-refractivity contribution is 9.11. The quantitative estimate of drug-likeness (QED) is 0.407. The number of hydrogen-bond donors (Lipinski definition) is 2. The summed E-state index contributed by atoms with van der Waals surface area (Å²) in [6, 6.07) is 11.8. The van der Waals surface area contributed by atoms with Gasteiger partial charge in [-0.3, -0.25) is 4.79 Å². The lowest BCUT2D eigenvalue weighted by atomic mass is 10.1. The van der Waals surface area contributed by atoms with Gasteiger partial charge in [-0.05, 0) is 69.5 Å². The summed E-state index contributed by atoms with van der Waals surface area (Å²) in [6.07, 6.45) is 1.64. The molecule has 0 fully saturated rings. The number of halogens is 2. The Morgan fingerprint density at radius 2 is 1.92 bits per heavy atom. The lowest BCUT2D eigenvalue weighted by molar-refractivity contribution is -0.123. The third-order valence-corrected chi connectivity index (χ3v) is 4.99. The van der Waals surface area contributed by atoms with Gasteiger partial charge >= 0.3 is 0 Å². The third-order valence-electron chi connectivity index (χ3n) is 3.82. The number of carbonyl (C=O) groups is 1. The average molecular weight is 479 g/mol. The second kappa shape index (κ2) is 8.05. The van der Waals surface area contributed by atoms with Crippen LogP contribution in [-0.4, -0.2) is 23.7 Å². The van der Waals surface area contributed by atoms with Crippen LogP contribution in [0.15, 0.2) is 50.4 Å². The number of carbonyl (C=O) groups excluding carboxylic acids is 1. The minimum atomic E-state index is -0.335. The largest absolute Gasteiger partial charge is 0.481 e. The van der Waals surface area contributed by atoms with Gasteiger partial charge in [0.15, 0.2) is 6.61 Å². The van der Waals surface area contributed by atoms with Crippen LogP contribution in [0.4, 0.5) is 0 Å². The third kappa shape index (κ3) is 4.16. The molecular formula is C19H17Br2N3O2. The summed E-state index contributed by atoms with van der Waals surface area (Å²) >= 11 is 6.88. The lowest BCUT2D eigenvalue weighted by Gasteiger charge is -2.10. The second-order valence-corrected chi connectivity index (χ2v) is 7.56. The topological polar surface area (TPSA) is 66.5 Å². The second-order valence-electron chi connectivity index (χ2n) is 5.85. The Morgan fingerprint density at radius 1 is 1.23 bits per heavy atom. The van der Waals surface area contributed by atoms with Gasteiger partial charge in [-0.15, -0.1) is 0 Å². The van der Waals surface area contributed by atoms with Gasteiger partial charge in [-0.25, -0.2) is 5.43 Å². The molecule has 0 saturated carbocycles. The van der Waals surface area contributed by atoms with Crippen LogP contribution in [-0.2, 0) is 4.79 Å². The van der Waals surface area contributed by atoms with E-state index in [1.54, 1.807) is 6.21 Å². The van der Waals surface area contributed by atoms with E-state index in [0.717, 1.165) is 36.7 Å². The number of amides is 1. The minimum absolute atomic E-state index is 0.134. The van der Waals surface area contributed by atoms with Crippen LogP contribution in [0.2, 0.25) is 0 Å². The monoisotopic (exact) mass is 477 g/mol. The van der Waals surface area contributed by atoms with Crippen LogP contribution in [0.25, 0.3) is 10.9 Å². The maximum atomic E-state index is 12.0. The molecule has 0 aliphatic rings. The van der Waals surface area contributed by atoms with Gasteiger partial charge in [-0.1, -0.05) is 18.2 Å². The van der Waals surface area contributed by atoms with Crippen LogP contribution in [0.1, 0.15) is 16.8 Å². The molecule has 0 aliphatic heterocycles. The molecule has 5 nitrogen and oxygen atoms in total. The van der Waals surface area contributed by atoms with E-state index in [-0.39, 0.29) is 12.5 Å². The summed E-state index contributed by atoms with van der Waals surface area (Å²) in [7, 11) is 0. The number of benzene rings is 2. The number of aryl methyl sites for hydroxylation is 2. The Balaban J connectivity index is 1.62. The summed E-state index contributed by atoms with van der Waals surface area (Å²) in [6.45, 7) is 3.82. The van der Waals surface area contributed by atoms with E-state index in [9.17, 15) is 4.79 Å². The standard InChI is InChI=1S/C19H17Br2N3O2/c1-11-7-15(20)19(16(21)8-11)26-10-18(25)24-22-9-14-12(2)23-17-6-4-3-5-13(14)17/h3-9,23H,10H2,1-2H3,(H,24,25). The molecule has 0 bridgehead atoms. The fourth-order valence-electron chi connectivity index (χ4n) is 2.63. The van der Waals surface area contributed by atoms with Crippen molar-refractivity contribution in [3.8, 4) is 5.75 Å². The summed E-state index contributed by atoms with van der Waals surface area (Å²) in [4.78, 5) is 15.3. The Morgan fingerprint density at radius 3 is 2.65 bits per heavy atom. The zero-order valence-electron chi connectivity index (χ0n) is 14.3. The molecule has 0 saturated heterocycles. The molecule has 3 aromatic rings. The van der Waals surface area contributed by atoms with Crippen LogP contribution < -0.4 is 10.2 Å². The fraction of sp³-hybridized carbons (Fsp3) is 0.158. The highest BCUT2D eigenvalue weighted by Gasteiger charge is 2.10. The number of hydrogen-bond acceptors (Lipinski definition) is 3. The normalized spacial score (nSPS) is 11.2. The van der Waals surface area contributed by atoms with Gasteiger partial charge in [0.05, 0.1) is 15.2 Å². The molecule has 1 amide bonds. The average Bonchev–Trinajstić information content (AvgIpc) is 2.89. The Labute approximate surface area is 168 Å². The molecule has 134 valence electrons. The highest BCUT2D eigenvalue weighted by Crippen LogP contribution is 2.34. The number of H-pyrrole nitrogens is 1.